The number of hydrogen-bond donors (Lipinski definition) is 5. The molecule has 0 spiro atoms. The molecule has 0 radical (unpaired) electrons. The van der Waals surface area contributed by atoms with Gasteiger partial charge in [0.15, 0.2) is 0 Å². The van der Waals surface area contributed by atoms with Gasteiger partial charge < -0.3 is 25.4 Å². The monoisotopic (exact) mass is 593 g/mol. The standard InChI is InChI=1S/C30H40BN5O7/c37-22-23(29(39)17-30(40)41)15-24(31(42)43)16-28(38)21-36(20-27-9-3-6-12-34-27)14-13-35(18-25-7-1-4-10-32-25)19-26-8-2-5-11-33-26/h1-12,23-24,29,37,39,42-43H,13-22H2,(H,40,41)/t23?,24-,29?/m1/s1. The third-order valence-electron chi connectivity index (χ3n) is 7.15. The Morgan fingerprint density at radius 1 is 0.767 bits per heavy atom. The van der Waals surface area contributed by atoms with Crippen molar-refractivity contribution in [2.45, 2.75) is 50.8 Å². The third-order valence-corrected chi connectivity index (χ3v) is 7.15. The Hall–Kier alpha value is -3.59. The quantitative estimate of drug-likeness (QED) is 0.118. The Morgan fingerprint density at radius 3 is 1.67 bits per heavy atom. The first kappa shape index (κ1) is 33.9. The lowest BCUT2D eigenvalue weighted by atomic mass is 9.65. The van der Waals surface area contributed by atoms with Gasteiger partial charge in [0, 0.05) is 76.1 Å². The van der Waals surface area contributed by atoms with Crippen molar-refractivity contribution in [1.29, 1.82) is 0 Å². The second kappa shape index (κ2) is 18.2. The van der Waals surface area contributed by atoms with Crippen LogP contribution in [0.2, 0.25) is 5.82 Å². The van der Waals surface area contributed by atoms with Crippen LogP contribution in [0.3, 0.4) is 0 Å². The van der Waals surface area contributed by atoms with Crippen LogP contribution in [-0.4, -0.2) is 101 Å². The molecule has 0 amide bonds. The zero-order valence-electron chi connectivity index (χ0n) is 24.1. The van der Waals surface area contributed by atoms with Crippen molar-refractivity contribution < 1.29 is 35.0 Å². The smallest absolute Gasteiger partial charge is 0.455 e. The van der Waals surface area contributed by atoms with E-state index in [0.29, 0.717) is 32.7 Å². The van der Waals surface area contributed by atoms with Crippen LogP contribution in [0.4, 0.5) is 0 Å². The molecule has 0 saturated carbocycles. The second-order valence-corrected chi connectivity index (χ2v) is 10.6. The molecule has 0 fully saturated rings. The topological polar surface area (TPSA) is 180 Å². The van der Waals surface area contributed by atoms with Crippen LogP contribution in [0.15, 0.2) is 73.2 Å². The molecule has 230 valence electrons. The van der Waals surface area contributed by atoms with Crippen LogP contribution in [0.5, 0.6) is 0 Å². The zero-order chi connectivity index (χ0) is 31.0. The molecule has 3 rings (SSSR count). The Bertz CT molecular complexity index is 1190. The molecule has 0 aliphatic heterocycles. The normalized spacial score (nSPS) is 13.5. The van der Waals surface area contributed by atoms with Gasteiger partial charge in [0.25, 0.3) is 0 Å². The summed E-state index contributed by atoms with van der Waals surface area (Å²) in [4.78, 5) is 41.7. The predicted molar refractivity (Wildman–Crippen MR) is 159 cm³/mol. The van der Waals surface area contributed by atoms with Crippen LogP contribution in [0.25, 0.3) is 0 Å². The SMILES string of the molecule is O=C(O)CC(O)C(CO)C[C@H](CC(=O)CN(CCN(Cc1ccccn1)Cc1ccccn1)Cc1ccccn1)B(O)O. The first-order chi connectivity index (χ1) is 20.7. The van der Waals surface area contributed by atoms with Gasteiger partial charge in [-0.15, -0.1) is 0 Å². The zero-order valence-corrected chi connectivity index (χ0v) is 24.1. The molecular weight excluding hydrogens is 553 g/mol. The minimum Gasteiger partial charge on any atom is -0.481 e. The van der Waals surface area contributed by atoms with Gasteiger partial charge in [0.1, 0.15) is 5.78 Å². The van der Waals surface area contributed by atoms with E-state index in [1.54, 1.807) is 18.6 Å². The van der Waals surface area contributed by atoms with E-state index in [-0.39, 0.29) is 25.2 Å². The molecule has 0 aliphatic carbocycles. The van der Waals surface area contributed by atoms with Gasteiger partial charge in [-0.1, -0.05) is 18.2 Å². The van der Waals surface area contributed by atoms with Gasteiger partial charge in [0.05, 0.1) is 36.2 Å². The van der Waals surface area contributed by atoms with Crippen molar-refractivity contribution >= 4 is 18.9 Å². The second-order valence-electron chi connectivity index (χ2n) is 10.6. The molecule has 12 nitrogen and oxygen atoms in total. The summed E-state index contributed by atoms with van der Waals surface area (Å²) in [6.45, 7) is 2.04. The predicted octanol–water partition coefficient (Wildman–Crippen LogP) is 1.01. The maximum absolute atomic E-state index is 13.3. The molecule has 0 bridgehead atoms. The molecule has 0 aromatic carbocycles. The number of aliphatic carboxylic acids is 1. The maximum Gasteiger partial charge on any atom is 0.455 e. The molecule has 43 heavy (non-hydrogen) atoms. The lowest BCUT2D eigenvalue weighted by Crippen LogP contribution is -2.38. The van der Waals surface area contributed by atoms with Gasteiger partial charge in [-0.05, 0) is 42.8 Å². The number of Topliss-reactive ketones (excluding diaryl/α,β-unsaturated/α-hetero) is 1. The van der Waals surface area contributed by atoms with Crippen molar-refractivity contribution in [1.82, 2.24) is 24.8 Å². The van der Waals surface area contributed by atoms with E-state index in [1.807, 2.05) is 59.5 Å². The summed E-state index contributed by atoms with van der Waals surface area (Å²) in [5.74, 6) is -3.42. The number of nitrogens with zero attached hydrogens (tertiary/aromatic N) is 5. The summed E-state index contributed by atoms with van der Waals surface area (Å²) >= 11 is 0. The van der Waals surface area contributed by atoms with E-state index in [0.717, 1.165) is 17.1 Å². The number of ketones is 1. The molecule has 2 unspecified atom stereocenters. The van der Waals surface area contributed by atoms with Crippen molar-refractivity contribution in [2.75, 3.05) is 26.2 Å². The number of aliphatic hydroxyl groups is 2. The minimum absolute atomic E-state index is 0.00226. The van der Waals surface area contributed by atoms with Crippen molar-refractivity contribution in [3.05, 3.63) is 90.3 Å². The summed E-state index contributed by atoms with van der Waals surface area (Å²) < 4.78 is 0. The highest BCUT2D eigenvalue weighted by Crippen LogP contribution is 2.27. The number of carbonyl (C=O) groups is 2. The summed E-state index contributed by atoms with van der Waals surface area (Å²) in [6, 6.07) is 17.0. The number of rotatable bonds is 20. The van der Waals surface area contributed by atoms with Crippen LogP contribution in [-0.2, 0) is 29.2 Å². The summed E-state index contributed by atoms with van der Waals surface area (Å²) in [5, 5.41) is 48.8. The lowest BCUT2D eigenvalue weighted by Gasteiger charge is -2.28. The molecule has 13 heteroatoms. The first-order valence-corrected chi connectivity index (χ1v) is 14.3. The average molecular weight is 593 g/mol. The Kier molecular flexibility index (Phi) is 14.3. The number of hydrogen-bond acceptors (Lipinski definition) is 11. The number of carboxylic acid groups (broad SMARTS) is 1. The van der Waals surface area contributed by atoms with Gasteiger partial charge in [-0.3, -0.25) is 34.3 Å². The van der Waals surface area contributed by atoms with E-state index in [9.17, 15) is 29.9 Å². The van der Waals surface area contributed by atoms with Crippen molar-refractivity contribution in [3.63, 3.8) is 0 Å². The number of carbonyl (C=O) groups excluding carboxylic acids is 1. The van der Waals surface area contributed by atoms with Gasteiger partial charge in [0.2, 0.25) is 0 Å². The fourth-order valence-electron chi connectivity index (χ4n) is 4.88. The molecule has 0 aliphatic rings. The first-order valence-electron chi connectivity index (χ1n) is 14.3. The fraction of sp³-hybridized carbons (Fsp3) is 0.433. The Morgan fingerprint density at radius 2 is 1.26 bits per heavy atom. The minimum atomic E-state index is -1.88. The highest BCUT2D eigenvalue weighted by atomic mass is 16.4. The highest BCUT2D eigenvalue weighted by molar-refractivity contribution is 6.43. The average Bonchev–Trinajstić information content (AvgIpc) is 2.99. The number of pyridine rings is 3. The van der Waals surface area contributed by atoms with E-state index < -0.39 is 44.0 Å². The summed E-state index contributed by atoms with van der Waals surface area (Å²) in [6.07, 6.45) is 2.83. The number of aromatic nitrogens is 3. The summed E-state index contributed by atoms with van der Waals surface area (Å²) in [7, 11) is -1.88. The Labute approximate surface area is 251 Å². The molecule has 0 saturated heterocycles. The molecule has 3 aromatic heterocycles. The van der Waals surface area contributed by atoms with E-state index in [4.69, 9.17) is 5.11 Å². The number of aliphatic hydroxyl groups excluding tert-OH is 2. The van der Waals surface area contributed by atoms with Crippen LogP contribution in [0.1, 0.15) is 36.3 Å². The fourth-order valence-corrected chi connectivity index (χ4v) is 4.88. The van der Waals surface area contributed by atoms with Crippen molar-refractivity contribution in [3.8, 4) is 0 Å². The lowest BCUT2D eigenvalue weighted by molar-refractivity contribution is -0.140. The Balaban J connectivity index is 1.71. The van der Waals surface area contributed by atoms with Crippen molar-refractivity contribution in [2.24, 2.45) is 5.92 Å². The van der Waals surface area contributed by atoms with Gasteiger partial charge in [-0.2, -0.15) is 0 Å². The summed E-state index contributed by atoms with van der Waals surface area (Å²) in [5.41, 5.74) is 2.57. The highest BCUT2D eigenvalue weighted by Gasteiger charge is 2.32. The molecular formula is C30H40BN5O7. The third kappa shape index (κ3) is 12.7. The molecule has 3 atom stereocenters. The molecule has 3 aromatic rings. The van der Waals surface area contributed by atoms with E-state index in [1.165, 1.54) is 0 Å². The van der Waals surface area contributed by atoms with Gasteiger partial charge >= 0.3 is 13.1 Å². The van der Waals surface area contributed by atoms with E-state index >= 15 is 0 Å². The van der Waals surface area contributed by atoms with Crippen LogP contribution in [0, 0.1) is 5.92 Å². The van der Waals surface area contributed by atoms with Crippen LogP contribution < -0.4 is 0 Å². The molecule has 3 heterocycles. The van der Waals surface area contributed by atoms with E-state index in [2.05, 4.69) is 19.9 Å². The van der Waals surface area contributed by atoms with Gasteiger partial charge in [-0.25, -0.2) is 0 Å². The molecule has 5 N–H and O–H groups in total. The largest absolute Gasteiger partial charge is 0.481 e. The maximum atomic E-state index is 13.3. The van der Waals surface area contributed by atoms with Crippen LogP contribution >= 0.6 is 0 Å². The number of carboxylic acids is 1.